The maximum Gasteiger partial charge on any atom is 0.338 e. The number of aliphatic hydroxyl groups excluding tert-OH is 1. The van der Waals surface area contributed by atoms with Gasteiger partial charge in [-0.2, -0.15) is 0 Å². The summed E-state index contributed by atoms with van der Waals surface area (Å²) in [5.41, 5.74) is 1.21. The quantitative estimate of drug-likeness (QED) is 0.772. The number of anilines is 1. The summed E-state index contributed by atoms with van der Waals surface area (Å²) < 4.78 is 17.8. The van der Waals surface area contributed by atoms with E-state index >= 15 is 0 Å². The lowest BCUT2D eigenvalue weighted by Gasteiger charge is -2.13. The SMILES string of the molecule is O=C(OCCC(O)CNc1ccc(F)cc1)c1ccccc1. The second kappa shape index (κ2) is 8.14. The van der Waals surface area contributed by atoms with Crippen molar-refractivity contribution in [2.45, 2.75) is 12.5 Å². The summed E-state index contributed by atoms with van der Waals surface area (Å²) in [6.45, 7) is 0.439. The Bertz CT molecular complexity index is 587. The number of carbonyl (C=O) groups is 1. The second-order valence-electron chi connectivity index (χ2n) is 4.83. The maximum atomic E-state index is 12.7. The third kappa shape index (κ3) is 5.18. The number of nitrogens with one attached hydrogen (secondary N) is 1. The van der Waals surface area contributed by atoms with Gasteiger partial charge in [-0.1, -0.05) is 18.2 Å². The van der Waals surface area contributed by atoms with Crippen molar-refractivity contribution < 1.29 is 19.0 Å². The van der Waals surface area contributed by atoms with E-state index in [4.69, 9.17) is 4.74 Å². The zero-order valence-electron chi connectivity index (χ0n) is 12.0. The molecule has 5 heteroatoms. The summed E-state index contributed by atoms with van der Waals surface area (Å²) >= 11 is 0. The Balaban J connectivity index is 1.66. The Morgan fingerprint density at radius 1 is 1.14 bits per heavy atom. The summed E-state index contributed by atoms with van der Waals surface area (Å²) in [7, 11) is 0. The molecule has 0 aliphatic rings. The lowest BCUT2D eigenvalue weighted by Crippen LogP contribution is -2.22. The first-order chi connectivity index (χ1) is 10.6. The number of aliphatic hydroxyl groups is 1. The van der Waals surface area contributed by atoms with E-state index in [1.807, 2.05) is 6.07 Å². The highest BCUT2D eigenvalue weighted by atomic mass is 19.1. The highest BCUT2D eigenvalue weighted by molar-refractivity contribution is 5.89. The van der Waals surface area contributed by atoms with Crippen LogP contribution >= 0.6 is 0 Å². The van der Waals surface area contributed by atoms with E-state index in [2.05, 4.69) is 5.32 Å². The normalized spacial score (nSPS) is 11.7. The van der Waals surface area contributed by atoms with E-state index in [9.17, 15) is 14.3 Å². The minimum atomic E-state index is -0.659. The molecule has 2 aromatic carbocycles. The van der Waals surface area contributed by atoms with Crippen LogP contribution in [0.25, 0.3) is 0 Å². The number of rotatable bonds is 7. The van der Waals surface area contributed by atoms with Gasteiger partial charge in [0.2, 0.25) is 0 Å². The summed E-state index contributed by atoms with van der Waals surface area (Å²) in [6, 6.07) is 14.6. The summed E-state index contributed by atoms with van der Waals surface area (Å²) in [5.74, 6) is -0.710. The molecule has 116 valence electrons. The molecule has 1 atom stereocenters. The molecule has 0 bridgehead atoms. The number of hydrogen-bond donors (Lipinski definition) is 2. The zero-order valence-corrected chi connectivity index (χ0v) is 12.0. The zero-order chi connectivity index (χ0) is 15.8. The fourth-order valence-electron chi connectivity index (χ4n) is 1.85. The van der Waals surface area contributed by atoms with Gasteiger partial charge >= 0.3 is 5.97 Å². The van der Waals surface area contributed by atoms with Crippen LogP contribution in [0.5, 0.6) is 0 Å². The van der Waals surface area contributed by atoms with Crippen molar-refractivity contribution in [2.24, 2.45) is 0 Å². The van der Waals surface area contributed by atoms with Gasteiger partial charge in [0.15, 0.2) is 0 Å². The molecule has 0 aliphatic carbocycles. The molecule has 4 nitrogen and oxygen atoms in total. The molecule has 22 heavy (non-hydrogen) atoms. The first kappa shape index (κ1) is 16.0. The average molecular weight is 303 g/mol. The lowest BCUT2D eigenvalue weighted by molar-refractivity contribution is 0.0440. The van der Waals surface area contributed by atoms with Gasteiger partial charge in [-0.25, -0.2) is 9.18 Å². The van der Waals surface area contributed by atoms with Crippen LogP contribution in [0.2, 0.25) is 0 Å². The van der Waals surface area contributed by atoms with Crippen LogP contribution in [0.3, 0.4) is 0 Å². The van der Waals surface area contributed by atoms with Gasteiger partial charge < -0.3 is 15.2 Å². The van der Waals surface area contributed by atoms with Gasteiger partial charge in [0.25, 0.3) is 0 Å². The largest absolute Gasteiger partial charge is 0.462 e. The smallest absolute Gasteiger partial charge is 0.338 e. The molecule has 2 N–H and O–H groups in total. The van der Waals surface area contributed by atoms with Crippen molar-refractivity contribution in [2.75, 3.05) is 18.5 Å². The Morgan fingerprint density at radius 2 is 1.82 bits per heavy atom. The first-order valence-electron chi connectivity index (χ1n) is 7.05. The van der Waals surface area contributed by atoms with Gasteiger partial charge in [0.1, 0.15) is 5.82 Å². The van der Waals surface area contributed by atoms with Crippen LogP contribution in [0.1, 0.15) is 16.8 Å². The molecule has 0 spiro atoms. The third-order valence-electron chi connectivity index (χ3n) is 3.08. The van der Waals surface area contributed by atoms with Crippen molar-refractivity contribution in [3.8, 4) is 0 Å². The summed E-state index contributed by atoms with van der Waals surface area (Å²) in [4.78, 5) is 11.7. The highest BCUT2D eigenvalue weighted by Gasteiger charge is 2.08. The van der Waals surface area contributed by atoms with Crippen molar-refractivity contribution in [3.05, 3.63) is 66.0 Å². The molecule has 0 saturated carbocycles. The fourth-order valence-corrected chi connectivity index (χ4v) is 1.85. The topological polar surface area (TPSA) is 58.6 Å². The first-order valence-corrected chi connectivity index (χ1v) is 7.05. The van der Waals surface area contributed by atoms with Crippen LogP contribution in [0.4, 0.5) is 10.1 Å². The lowest BCUT2D eigenvalue weighted by atomic mass is 10.2. The highest BCUT2D eigenvalue weighted by Crippen LogP contribution is 2.08. The van der Waals surface area contributed by atoms with E-state index in [0.29, 0.717) is 18.5 Å². The van der Waals surface area contributed by atoms with E-state index in [0.717, 1.165) is 5.69 Å². The van der Waals surface area contributed by atoms with Crippen LogP contribution in [0, 0.1) is 5.82 Å². The molecule has 0 saturated heterocycles. The van der Waals surface area contributed by atoms with Crippen LogP contribution in [-0.2, 0) is 4.74 Å². The number of ether oxygens (including phenoxy) is 1. The third-order valence-corrected chi connectivity index (χ3v) is 3.08. The molecule has 0 aliphatic heterocycles. The Hall–Kier alpha value is -2.40. The van der Waals surface area contributed by atoms with Crippen molar-refractivity contribution in [3.63, 3.8) is 0 Å². The van der Waals surface area contributed by atoms with Crippen molar-refractivity contribution in [1.29, 1.82) is 0 Å². The fraction of sp³-hybridized carbons (Fsp3) is 0.235. The van der Waals surface area contributed by atoms with E-state index in [1.54, 1.807) is 36.4 Å². The minimum Gasteiger partial charge on any atom is -0.462 e. The summed E-state index contributed by atoms with van der Waals surface area (Å²) in [5, 5.41) is 12.8. The molecule has 0 heterocycles. The Labute approximate surface area is 128 Å². The number of esters is 1. The predicted molar refractivity (Wildman–Crippen MR) is 82.2 cm³/mol. The van der Waals surface area contributed by atoms with Gasteiger partial charge in [0.05, 0.1) is 18.3 Å². The van der Waals surface area contributed by atoms with E-state index in [-0.39, 0.29) is 12.4 Å². The minimum absolute atomic E-state index is 0.139. The van der Waals surface area contributed by atoms with Gasteiger partial charge in [-0.05, 0) is 36.4 Å². The molecule has 0 amide bonds. The number of halogens is 1. The van der Waals surface area contributed by atoms with Crippen molar-refractivity contribution in [1.82, 2.24) is 0 Å². The second-order valence-corrected chi connectivity index (χ2v) is 4.83. The Kier molecular flexibility index (Phi) is 5.91. The van der Waals surface area contributed by atoms with Crippen LogP contribution < -0.4 is 5.32 Å². The number of benzene rings is 2. The molecule has 2 rings (SSSR count). The van der Waals surface area contributed by atoms with Gasteiger partial charge in [0, 0.05) is 18.7 Å². The van der Waals surface area contributed by atoms with Gasteiger partial charge in [-0.15, -0.1) is 0 Å². The molecule has 0 fully saturated rings. The van der Waals surface area contributed by atoms with Crippen LogP contribution in [-0.4, -0.2) is 30.3 Å². The number of hydrogen-bond acceptors (Lipinski definition) is 4. The monoisotopic (exact) mass is 303 g/mol. The van der Waals surface area contributed by atoms with E-state index in [1.165, 1.54) is 12.1 Å². The maximum absolute atomic E-state index is 12.7. The average Bonchev–Trinajstić information content (AvgIpc) is 2.55. The summed E-state index contributed by atoms with van der Waals surface area (Å²) in [6.07, 6.45) is -0.333. The predicted octanol–water partition coefficient (Wildman–Crippen LogP) is 2.85. The van der Waals surface area contributed by atoms with E-state index < -0.39 is 12.1 Å². The van der Waals surface area contributed by atoms with Gasteiger partial charge in [-0.3, -0.25) is 0 Å². The molecule has 0 radical (unpaired) electrons. The van der Waals surface area contributed by atoms with Crippen LogP contribution in [0.15, 0.2) is 54.6 Å². The molecule has 2 aromatic rings. The molecular weight excluding hydrogens is 285 g/mol. The standard InChI is InChI=1S/C17H18FNO3/c18-14-6-8-15(9-7-14)19-12-16(20)10-11-22-17(21)13-4-2-1-3-5-13/h1-9,16,19-20H,10-12H2. The number of carbonyl (C=O) groups excluding carboxylic acids is 1. The van der Waals surface area contributed by atoms with Crippen molar-refractivity contribution >= 4 is 11.7 Å². The Morgan fingerprint density at radius 3 is 2.50 bits per heavy atom. The molecule has 1 unspecified atom stereocenters. The molecule has 0 aromatic heterocycles. The molecular formula is C17H18FNO3.